The third-order valence-corrected chi connectivity index (χ3v) is 4.52. The summed E-state index contributed by atoms with van der Waals surface area (Å²) in [5.74, 6) is -3.77. The number of hydrogen-bond donors (Lipinski definition) is 0. The molecule has 3 atom stereocenters. The van der Waals surface area contributed by atoms with Crippen LogP contribution in [0.5, 0.6) is 0 Å². The van der Waals surface area contributed by atoms with E-state index in [9.17, 15) is 12.3 Å². The molecule has 144 valence electrons. The first-order chi connectivity index (χ1) is 15.5. The van der Waals surface area contributed by atoms with E-state index in [-0.39, 0.29) is 28.7 Å². The Kier molecular flexibility index (Phi) is 2.61. The minimum Gasteiger partial charge on any atom is -0.443 e. The van der Waals surface area contributed by atoms with Crippen LogP contribution in [0.15, 0.2) is 29.9 Å². The molecule has 1 heterocycles. The van der Waals surface area contributed by atoms with Crippen LogP contribution >= 0.6 is 0 Å². The van der Waals surface area contributed by atoms with Gasteiger partial charge < -0.3 is 9.64 Å². The summed E-state index contributed by atoms with van der Waals surface area (Å²) in [5.41, 5.74) is -1.52. The van der Waals surface area contributed by atoms with E-state index in [0.29, 0.717) is 17.7 Å². The van der Waals surface area contributed by atoms with Crippen LogP contribution in [0.2, 0.25) is 0 Å². The molecule has 2 fully saturated rings. The molecule has 0 N–H and O–H groups in total. The Morgan fingerprint density at radius 1 is 1.44 bits per heavy atom. The molecular formula is C22H28N2O3. The van der Waals surface area contributed by atoms with Crippen LogP contribution in [0.25, 0.3) is 0 Å². The summed E-state index contributed by atoms with van der Waals surface area (Å²) in [6.45, 7) is 4.76. The molecule has 0 spiro atoms. The summed E-state index contributed by atoms with van der Waals surface area (Å²) < 4.78 is 67.1. The Bertz CT molecular complexity index is 1160. The van der Waals surface area contributed by atoms with Crippen molar-refractivity contribution in [2.75, 3.05) is 14.1 Å². The predicted molar refractivity (Wildman–Crippen MR) is 103 cm³/mol. The van der Waals surface area contributed by atoms with Gasteiger partial charge in [-0.15, -0.1) is 0 Å². The Morgan fingerprint density at radius 2 is 2.15 bits per heavy atom. The fourth-order valence-electron chi connectivity index (χ4n) is 3.39. The lowest BCUT2D eigenvalue weighted by Gasteiger charge is -2.28. The van der Waals surface area contributed by atoms with E-state index >= 15 is 0 Å². The smallest absolute Gasteiger partial charge is 0.417 e. The quantitative estimate of drug-likeness (QED) is 0.733. The van der Waals surface area contributed by atoms with Gasteiger partial charge in [0, 0.05) is 34.5 Å². The monoisotopic (exact) mass is 375 g/mol. The second kappa shape index (κ2) is 6.11. The third kappa shape index (κ3) is 3.13. The lowest BCUT2D eigenvalue weighted by molar-refractivity contribution is -0.125. The van der Waals surface area contributed by atoms with Crippen molar-refractivity contribution < 1.29 is 23.9 Å². The number of hydrogen-bond acceptors (Lipinski definition) is 4. The standard InChI is InChI=1S/C22H28N2O3/c1-22(2,3)27-21(26)24-19-16(17(20(24)25)12-23(4)5)11-14-7-6-8-15(18(14)19)13-9-10-13/h6-8,12-13,16,19H,9-11H2,1-5H3/b17-12+/i6D,7D,8D,11D,12D,16D,19D. The number of ether oxygens (including phenoxy) is 1. The first-order valence-electron chi connectivity index (χ1n) is 12.6. The Hall–Kier alpha value is -2.30. The number of carbonyl (C=O) groups excluding carboxylic acids is 2. The molecule has 3 aliphatic rings. The zero-order chi connectivity index (χ0) is 25.7. The van der Waals surface area contributed by atoms with Crippen LogP contribution in [0.3, 0.4) is 0 Å². The number of likely N-dealkylation sites (tertiary alicyclic amines) is 1. The van der Waals surface area contributed by atoms with Crippen LogP contribution in [0.1, 0.15) is 71.8 Å². The number of imide groups is 1. The molecule has 5 nitrogen and oxygen atoms in total. The molecule has 3 unspecified atom stereocenters. The van der Waals surface area contributed by atoms with Gasteiger partial charge in [0.15, 0.2) is 0 Å². The molecule has 0 aromatic heterocycles. The van der Waals surface area contributed by atoms with E-state index in [1.807, 2.05) is 0 Å². The first kappa shape index (κ1) is 11.5. The zero-order valence-electron chi connectivity index (χ0n) is 23.2. The maximum atomic E-state index is 13.7. The predicted octanol–water partition coefficient (Wildman–Crippen LogP) is 4.00. The van der Waals surface area contributed by atoms with Crippen molar-refractivity contribution in [3.63, 3.8) is 0 Å². The molecule has 27 heavy (non-hydrogen) atoms. The van der Waals surface area contributed by atoms with E-state index in [2.05, 4.69) is 0 Å². The lowest BCUT2D eigenvalue weighted by atomic mass is 9.94. The van der Waals surface area contributed by atoms with Gasteiger partial charge in [0.05, 0.1) is 12.9 Å². The fraction of sp³-hybridized carbons (Fsp3) is 0.545. The van der Waals surface area contributed by atoms with Crippen molar-refractivity contribution in [1.29, 1.82) is 0 Å². The fourth-order valence-corrected chi connectivity index (χ4v) is 3.39. The van der Waals surface area contributed by atoms with Crippen molar-refractivity contribution in [1.82, 2.24) is 9.80 Å². The molecule has 1 aromatic rings. The SMILES string of the molecule is [2H]/C(=C1\C(=O)N(C(=O)OC(C)(C)C)C2([2H])c3c(C4CC4)c([2H])c([2H])c([2H])c3C([2H])C12[2H])N(C)C. The number of nitrogens with zero attached hydrogens (tertiary/aromatic N) is 2. The number of fused-ring (bicyclic) bond motifs is 3. The normalized spacial score (nSPS) is 37.8. The maximum absolute atomic E-state index is 13.7. The average Bonchev–Trinajstić information content (AvgIpc) is 3.49. The summed E-state index contributed by atoms with van der Waals surface area (Å²) in [6.07, 6.45) is -2.02. The molecule has 1 saturated heterocycles. The van der Waals surface area contributed by atoms with E-state index in [1.54, 1.807) is 20.8 Å². The molecule has 1 aliphatic heterocycles. The summed E-state index contributed by atoms with van der Waals surface area (Å²) in [4.78, 5) is 28.7. The second-order valence-corrected chi connectivity index (χ2v) is 8.26. The summed E-state index contributed by atoms with van der Waals surface area (Å²) >= 11 is 0. The molecule has 1 saturated carbocycles. The van der Waals surface area contributed by atoms with Crippen molar-refractivity contribution in [2.24, 2.45) is 5.89 Å². The Morgan fingerprint density at radius 3 is 2.74 bits per heavy atom. The van der Waals surface area contributed by atoms with Gasteiger partial charge in [0.1, 0.15) is 5.60 Å². The largest absolute Gasteiger partial charge is 0.443 e. The number of amides is 2. The average molecular weight is 376 g/mol. The van der Waals surface area contributed by atoms with Gasteiger partial charge in [-0.05, 0) is 62.6 Å². The minimum atomic E-state index is -2.54. The van der Waals surface area contributed by atoms with Gasteiger partial charge in [0.25, 0.3) is 5.91 Å². The van der Waals surface area contributed by atoms with E-state index in [1.165, 1.54) is 19.0 Å². The molecule has 5 heteroatoms. The van der Waals surface area contributed by atoms with Crippen LogP contribution in [-0.2, 0) is 15.9 Å². The van der Waals surface area contributed by atoms with Gasteiger partial charge in [-0.1, -0.05) is 18.1 Å². The Balaban J connectivity index is 2.14. The van der Waals surface area contributed by atoms with E-state index < -0.39 is 59.7 Å². The number of benzene rings is 1. The van der Waals surface area contributed by atoms with Gasteiger partial charge in [-0.3, -0.25) is 4.79 Å². The molecule has 2 aliphatic carbocycles. The summed E-state index contributed by atoms with van der Waals surface area (Å²) in [5, 5.41) is 0. The van der Waals surface area contributed by atoms with Crippen molar-refractivity contribution in [3.8, 4) is 0 Å². The molecule has 1 aromatic carbocycles. The van der Waals surface area contributed by atoms with Gasteiger partial charge in [-0.2, -0.15) is 0 Å². The van der Waals surface area contributed by atoms with E-state index in [0.717, 1.165) is 0 Å². The minimum absolute atomic E-state index is 0.0863. The van der Waals surface area contributed by atoms with Crippen LogP contribution in [0.4, 0.5) is 4.79 Å². The highest BCUT2D eigenvalue weighted by molar-refractivity contribution is 6.06. The van der Waals surface area contributed by atoms with Crippen molar-refractivity contribution in [2.45, 2.75) is 57.5 Å². The lowest BCUT2D eigenvalue weighted by Crippen LogP contribution is -2.39. The van der Waals surface area contributed by atoms with Gasteiger partial charge >= 0.3 is 6.09 Å². The van der Waals surface area contributed by atoms with Crippen LogP contribution in [-0.4, -0.2) is 41.5 Å². The molecule has 0 bridgehead atoms. The molecular weight excluding hydrogens is 340 g/mol. The third-order valence-electron chi connectivity index (χ3n) is 4.52. The number of carbonyl (C=O) groups is 2. The summed E-state index contributed by atoms with van der Waals surface area (Å²) in [7, 11) is 2.95. The highest BCUT2D eigenvalue weighted by Crippen LogP contribution is 2.54. The molecule has 2 amide bonds. The highest BCUT2D eigenvalue weighted by Gasteiger charge is 2.54. The Labute approximate surface area is 170 Å². The molecule has 0 radical (unpaired) electrons. The van der Waals surface area contributed by atoms with Crippen LogP contribution in [0, 0.1) is 5.89 Å². The van der Waals surface area contributed by atoms with Gasteiger partial charge in [-0.25, -0.2) is 9.69 Å². The first-order valence-corrected chi connectivity index (χ1v) is 9.04. The van der Waals surface area contributed by atoms with Crippen LogP contribution < -0.4 is 0 Å². The van der Waals surface area contributed by atoms with Crippen molar-refractivity contribution >= 4 is 12.0 Å². The topological polar surface area (TPSA) is 49.9 Å². The van der Waals surface area contributed by atoms with Gasteiger partial charge in [0.2, 0.25) is 0 Å². The number of rotatable bonds is 2. The summed E-state index contributed by atoms with van der Waals surface area (Å²) in [6, 6.07) is -3.71. The second-order valence-electron chi connectivity index (χ2n) is 8.26. The molecule has 4 rings (SSSR count). The maximum Gasteiger partial charge on any atom is 0.417 e. The van der Waals surface area contributed by atoms with Crippen molar-refractivity contribution in [3.05, 3.63) is 46.6 Å². The zero-order valence-corrected chi connectivity index (χ0v) is 16.2. The highest BCUT2D eigenvalue weighted by atomic mass is 16.6. The van der Waals surface area contributed by atoms with E-state index in [4.69, 9.17) is 11.6 Å².